The first-order valence-corrected chi connectivity index (χ1v) is 13.6. The average molecular weight is 523 g/mol. The molecule has 0 spiro atoms. The van der Waals surface area contributed by atoms with E-state index in [1.807, 2.05) is 91.9 Å². The SMILES string of the molecule is CCC(OC(=O)c1ccccc1-c1nc2ccccc2s1)C(=O)N1c2ccccc2Sc2ccccc21. The van der Waals surface area contributed by atoms with Crippen molar-refractivity contribution in [2.75, 3.05) is 4.90 Å². The van der Waals surface area contributed by atoms with Crippen LogP contribution in [0.3, 0.4) is 0 Å². The largest absolute Gasteiger partial charge is 0.449 e. The Morgan fingerprint density at radius 3 is 2.16 bits per heavy atom. The van der Waals surface area contributed by atoms with Crippen LogP contribution in [0, 0.1) is 0 Å². The topological polar surface area (TPSA) is 59.5 Å². The van der Waals surface area contributed by atoms with Gasteiger partial charge in [0.15, 0.2) is 6.10 Å². The van der Waals surface area contributed by atoms with Crippen molar-refractivity contribution in [3.8, 4) is 10.6 Å². The summed E-state index contributed by atoms with van der Waals surface area (Å²) in [5, 5.41) is 0.740. The van der Waals surface area contributed by atoms with Gasteiger partial charge >= 0.3 is 5.97 Å². The molecule has 0 radical (unpaired) electrons. The average Bonchev–Trinajstić information content (AvgIpc) is 3.38. The first kappa shape index (κ1) is 23.5. The lowest BCUT2D eigenvalue weighted by Crippen LogP contribution is -2.39. The third kappa shape index (κ3) is 4.30. The van der Waals surface area contributed by atoms with Crippen LogP contribution < -0.4 is 4.90 Å². The number of hydrogen-bond donors (Lipinski definition) is 0. The van der Waals surface area contributed by atoms with Gasteiger partial charge in [-0.2, -0.15) is 0 Å². The van der Waals surface area contributed by atoms with E-state index in [0.29, 0.717) is 17.5 Å². The smallest absolute Gasteiger partial charge is 0.339 e. The van der Waals surface area contributed by atoms with Crippen molar-refractivity contribution < 1.29 is 14.3 Å². The first-order valence-electron chi connectivity index (χ1n) is 12.0. The van der Waals surface area contributed by atoms with Crippen LogP contribution in [0.25, 0.3) is 20.8 Å². The Morgan fingerprint density at radius 2 is 1.46 bits per heavy atom. The van der Waals surface area contributed by atoms with Crippen molar-refractivity contribution in [3.63, 3.8) is 0 Å². The molecule has 5 aromatic rings. The third-order valence-electron chi connectivity index (χ3n) is 6.22. The second-order valence-corrected chi connectivity index (χ2v) is 10.7. The van der Waals surface area contributed by atoms with E-state index < -0.39 is 12.1 Å². The van der Waals surface area contributed by atoms with Gasteiger partial charge in [-0.15, -0.1) is 11.3 Å². The minimum absolute atomic E-state index is 0.270. The number of rotatable bonds is 5. The Labute approximate surface area is 222 Å². The molecule has 1 amide bonds. The Kier molecular flexibility index (Phi) is 6.24. The van der Waals surface area contributed by atoms with Crippen molar-refractivity contribution >= 4 is 56.6 Å². The summed E-state index contributed by atoms with van der Waals surface area (Å²) in [6.07, 6.45) is -0.595. The molecule has 2 heterocycles. The summed E-state index contributed by atoms with van der Waals surface area (Å²) in [5.41, 5.74) is 3.55. The van der Waals surface area contributed by atoms with Gasteiger partial charge in [0.25, 0.3) is 5.91 Å². The molecule has 0 saturated heterocycles. The molecule has 0 aliphatic carbocycles. The summed E-state index contributed by atoms with van der Waals surface area (Å²) >= 11 is 3.15. The zero-order valence-electron chi connectivity index (χ0n) is 20.0. The highest BCUT2D eigenvalue weighted by Crippen LogP contribution is 2.48. The number of carbonyl (C=O) groups excluding carboxylic acids is 2. The van der Waals surface area contributed by atoms with Crippen LogP contribution in [0.1, 0.15) is 23.7 Å². The molecule has 0 fully saturated rings. The van der Waals surface area contributed by atoms with Gasteiger partial charge in [-0.3, -0.25) is 9.69 Å². The van der Waals surface area contributed by atoms with E-state index >= 15 is 0 Å². The second-order valence-electron chi connectivity index (χ2n) is 8.55. The van der Waals surface area contributed by atoms with Gasteiger partial charge in [0.1, 0.15) is 5.01 Å². The van der Waals surface area contributed by atoms with Gasteiger partial charge in [-0.1, -0.05) is 73.3 Å². The highest BCUT2D eigenvalue weighted by Gasteiger charge is 2.34. The monoisotopic (exact) mass is 522 g/mol. The van der Waals surface area contributed by atoms with Crippen molar-refractivity contribution in [2.24, 2.45) is 0 Å². The van der Waals surface area contributed by atoms with Crippen LogP contribution in [-0.4, -0.2) is 23.0 Å². The fraction of sp³-hybridized carbons (Fsp3) is 0.100. The summed E-state index contributed by atoms with van der Waals surface area (Å²) < 4.78 is 6.95. The highest BCUT2D eigenvalue weighted by atomic mass is 32.2. The third-order valence-corrected chi connectivity index (χ3v) is 8.42. The number of para-hydroxylation sites is 3. The van der Waals surface area contributed by atoms with Crippen molar-refractivity contribution in [2.45, 2.75) is 29.2 Å². The molecule has 0 bridgehead atoms. The summed E-state index contributed by atoms with van der Waals surface area (Å²) in [4.78, 5) is 35.8. The Balaban J connectivity index is 1.32. The highest BCUT2D eigenvalue weighted by molar-refractivity contribution is 7.99. The molecule has 6 rings (SSSR count). The maximum Gasteiger partial charge on any atom is 0.339 e. The maximum absolute atomic E-state index is 13.9. The van der Waals surface area contributed by atoms with Crippen LogP contribution >= 0.6 is 23.1 Å². The van der Waals surface area contributed by atoms with E-state index in [1.165, 1.54) is 11.3 Å². The Morgan fingerprint density at radius 1 is 0.838 bits per heavy atom. The van der Waals surface area contributed by atoms with Gasteiger partial charge in [0.2, 0.25) is 0 Å². The number of hydrogen-bond acceptors (Lipinski definition) is 6. The van der Waals surface area contributed by atoms with Crippen LogP contribution in [0.4, 0.5) is 11.4 Å². The molecular formula is C30H22N2O3S2. The minimum Gasteiger partial charge on any atom is -0.449 e. The predicted octanol–water partition coefficient (Wildman–Crippen LogP) is 7.73. The summed E-state index contributed by atoms with van der Waals surface area (Å²) in [5.74, 6) is -0.809. The molecule has 37 heavy (non-hydrogen) atoms. The molecular weight excluding hydrogens is 500 g/mol. The van der Waals surface area contributed by atoms with Crippen molar-refractivity contribution in [1.82, 2.24) is 4.98 Å². The number of amides is 1. The predicted molar refractivity (Wildman–Crippen MR) is 149 cm³/mol. The second kappa shape index (κ2) is 9.84. The van der Waals surface area contributed by atoms with Crippen LogP contribution in [-0.2, 0) is 9.53 Å². The Hall–Kier alpha value is -3.94. The molecule has 7 heteroatoms. The van der Waals surface area contributed by atoms with Gasteiger partial charge in [0.05, 0.1) is 27.2 Å². The molecule has 1 aromatic heterocycles. The molecule has 182 valence electrons. The quantitative estimate of drug-likeness (QED) is 0.221. The lowest BCUT2D eigenvalue weighted by molar-refractivity contribution is -0.126. The van der Waals surface area contributed by atoms with E-state index in [-0.39, 0.29) is 5.91 Å². The molecule has 1 unspecified atom stereocenters. The number of carbonyl (C=O) groups is 2. The lowest BCUT2D eigenvalue weighted by Gasteiger charge is -2.33. The van der Waals surface area contributed by atoms with E-state index in [2.05, 4.69) is 0 Å². The number of thiazole rings is 1. The first-order chi connectivity index (χ1) is 18.1. The molecule has 4 aromatic carbocycles. The fourth-order valence-corrected chi connectivity index (χ4v) is 6.49. The van der Waals surface area contributed by atoms with E-state index in [1.54, 1.807) is 28.8 Å². The fourth-order valence-electron chi connectivity index (χ4n) is 4.42. The summed E-state index contributed by atoms with van der Waals surface area (Å²) in [6, 6.07) is 30.7. The van der Waals surface area contributed by atoms with E-state index in [0.717, 1.165) is 36.4 Å². The Bertz CT molecular complexity index is 1570. The normalized spacial score (nSPS) is 13.1. The maximum atomic E-state index is 13.9. The van der Waals surface area contributed by atoms with Crippen LogP contribution in [0.2, 0.25) is 0 Å². The molecule has 5 nitrogen and oxygen atoms in total. The number of anilines is 2. The number of aromatic nitrogens is 1. The van der Waals surface area contributed by atoms with Crippen molar-refractivity contribution in [3.05, 3.63) is 103 Å². The lowest BCUT2D eigenvalue weighted by atomic mass is 10.1. The minimum atomic E-state index is -0.944. The number of ether oxygens (including phenoxy) is 1. The van der Waals surface area contributed by atoms with Crippen molar-refractivity contribution in [1.29, 1.82) is 0 Å². The number of nitrogens with zero attached hydrogens (tertiary/aromatic N) is 2. The molecule has 1 atom stereocenters. The molecule has 0 N–H and O–H groups in total. The standard InChI is InChI=1S/C30H22N2O3S2/c1-2-24(29(33)32-22-14-6-9-17-26(22)36-27-18-10-7-15-23(27)32)35-30(34)20-12-4-3-11-19(20)28-31-21-13-5-8-16-25(21)37-28/h3-18,24H,2H2,1H3. The number of esters is 1. The summed E-state index contributed by atoms with van der Waals surface area (Å²) in [7, 11) is 0. The zero-order valence-corrected chi connectivity index (χ0v) is 21.6. The van der Waals surface area contributed by atoms with Gasteiger partial charge in [-0.25, -0.2) is 9.78 Å². The van der Waals surface area contributed by atoms with Gasteiger partial charge in [0, 0.05) is 15.4 Å². The van der Waals surface area contributed by atoms with Crippen LogP contribution in [0.5, 0.6) is 0 Å². The zero-order chi connectivity index (χ0) is 25.4. The number of fused-ring (bicyclic) bond motifs is 3. The molecule has 0 saturated carbocycles. The van der Waals surface area contributed by atoms with E-state index in [4.69, 9.17) is 9.72 Å². The number of benzene rings is 4. The molecule has 1 aliphatic rings. The summed E-state index contributed by atoms with van der Waals surface area (Å²) in [6.45, 7) is 1.85. The van der Waals surface area contributed by atoms with Gasteiger partial charge < -0.3 is 4.74 Å². The van der Waals surface area contributed by atoms with Crippen LogP contribution in [0.15, 0.2) is 107 Å². The van der Waals surface area contributed by atoms with Gasteiger partial charge in [-0.05, 0) is 48.9 Å². The molecule has 1 aliphatic heterocycles. The van der Waals surface area contributed by atoms with E-state index in [9.17, 15) is 9.59 Å².